The molecule has 3 rings (SSSR count). The van der Waals surface area contributed by atoms with Crippen LogP contribution >= 0.6 is 23.4 Å². The van der Waals surface area contributed by atoms with Gasteiger partial charge in [0.05, 0.1) is 0 Å². The van der Waals surface area contributed by atoms with E-state index in [4.69, 9.17) is 20.8 Å². The minimum absolute atomic E-state index is 0.254. The Morgan fingerprint density at radius 2 is 1.87 bits per heavy atom. The van der Waals surface area contributed by atoms with Gasteiger partial charge < -0.3 is 9.15 Å². The molecule has 0 saturated heterocycles. The Balaban J connectivity index is 1.56. The molecule has 0 aliphatic heterocycles. The molecule has 0 aliphatic carbocycles. The van der Waals surface area contributed by atoms with Crippen LogP contribution in [0.2, 0.25) is 5.02 Å². The molecule has 2 aromatic carbocycles. The molecule has 0 fully saturated rings. The molecule has 1 heterocycles. The summed E-state index contributed by atoms with van der Waals surface area (Å²) in [6, 6.07) is 15.5. The van der Waals surface area contributed by atoms with Crippen LogP contribution in [0.25, 0.3) is 0 Å². The second-order valence-corrected chi connectivity index (χ2v) is 6.23. The van der Waals surface area contributed by atoms with Crippen molar-refractivity contribution in [1.29, 1.82) is 0 Å². The monoisotopic (exact) mass is 346 g/mol. The minimum Gasteiger partial charge on any atom is -0.484 e. The van der Waals surface area contributed by atoms with Crippen LogP contribution in [-0.2, 0) is 12.4 Å². The summed E-state index contributed by atoms with van der Waals surface area (Å²) in [5.74, 6) is 1.95. The maximum absolute atomic E-state index is 6.13. The van der Waals surface area contributed by atoms with Crippen LogP contribution in [0.5, 0.6) is 5.75 Å². The number of para-hydroxylation sites is 1. The first-order valence-corrected chi connectivity index (χ1v) is 8.46. The number of aromatic nitrogens is 2. The first kappa shape index (κ1) is 15.9. The molecule has 0 spiro atoms. The molecule has 0 N–H and O–H groups in total. The van der Waals surface area contributed by atoms with Crippen molar-refractivity contribution in [2.24, 2.45) is 0 Å². The molecule has 0 bridgehead atoms. The van der Waals surface area contributed by atoms with Crippen molar-refractivity contribution in [3.63, 3.8) is 0 Å². The van der Waals surface area contributed by atoms with E-state index in [2.05, 4.69) is 10.2 Å². The normalized spacial score (nSPS) is 10.7. The van der Waals surface area contributed by atoms with E-state index in [1.165, 1.54) is 11.8 Å². The summed E-state index contributed by atoms with van der Waals surface area (Å²) in [7, 11) is 0. The fourth-order valence-corrected chi connectivity index (χ4v) is 3.03. The van der Waals surface area contributed by atoms with Crippen LogP contribution < -0.4 is 4.74 Å². The van der Waals surface area contributed by atoms with Gasteiger partial charge in [0.25, 0.3) is 11.1 Å². The van der Waals surface area contributed by atoms with Gasteiger partial charge in [0, 0.05) is 10.8 Å². The van der Waals surface area contributed by atoms with Crippen molar-refractivity contribution in [3.05, 3.63) is 70.6 Å². The number of benzene rings is 2. The Morgan fingerprint density at radius 3 is 2.70 bits per heavy atom. The summed E-state index contributed by atoms with van der Waals surface area (Å²) >= 11 is 7.58. The number of thioether (sulfide) groups is 1. The zero-order valence-electron chi connectivity index (χ0n) is 12.5. The van der Waals surface area contributed by atoms with Crippen molar-refractivity contribution in [2.45, 2.75) is 24.5 Å². The number of ether oxygens (including phenoxy) is 1. The molecule has 0 amide bonds. The smallest absolute Gasteiger partial charge is 0.277 e. The Kier molecular flexibility index (Phi) is 5.20. The van der Waals surface area contributed by atoms with E-state index in [-0.39, 0.29) is 6.61 Å². The number of hydrogen-bond donors (Lipinski definition) is 0. The SMILES string of the molecule is Cc1ccccc1OCc1nnc(SCc2ccccc2Cl)o1. The van der Waals surface area contributed by atoms with Crippen molar-refractivity contribution >= 4 is 23.4 Å². The molecule has 0 unspecified atom stereocenters. The molecule has 1 aromatic heterocycles. The molecule has 23 heavy (non-hydrogen) atoms. The lowest BCUT2D eigenvalue weighted by Gasteiger charge is -2.05. The van der Waals surface area contributed by atoms with Crippen LogP contribution in [-0.4, -0.2) is 10.2 Å². The fraction of sp³-hybridized carbons (Fsp3) is 0.176. The Bertz CT molecular complexity index is 728. The molecular formula is C17H15ClN2O2S. The van der Waals surface area contributed by atoms with Gasteiger partial charge in [-0.15, -0.1) is 10.2 Å². The van der Waals surface area contributed by atoms with Crippen LogP contribution in [0, 0.1) is 6.92 Å². The minimum atomic E-state index is 0.254. The second-order valence-electron chi connectivity index (χ2n) is 4.90. The van der Waals surface area contributed by atoms with Gasteiger partial charge >= 0.3 is 0 Å². The van der Waals surface area contributed by atoms with Gasteiger partial charge in [-0.05, 0) is 30.2 Å². The zero-order chi connectivity index (χ0) is 16.1. The Morgan fingerprint density at radius 1 is 1.09 bits per heavy atom. The van der Waals surface area contributed by atoms with Crippen LogP contribution in [0.15, 0.2) is 58.2 Å². The van der Waals surface area contributed by atoms with E-state index in [0.717, 1.165) is 21.9 Å². The van der Waals surface area contributed by atoms with Gasteiger partial charge in [-0.3, -0.25) is 0 Å². The van der Waals surface area contributed by atoms with E-state index in [0.29, 0.717) is 16.9 Å². The molecule has 0 atom stereocenters. The lowest BCUT2D eigenvalue weighted by atomic mass is 10.2. The lowest BCUT2D eigenvalue weighted by Crippen LogP contribution is -1.97. The van der Waals surface area contributed by atoms with E-state index < -0.39 is 0 Å². The number of nitrogens with zero attached hydrogens (tertiary/aromatic N) is 2. The average Bonchev–Trinajstić information content (AvgIpc) is 3.01. The van der Waals surface area contributed by atoms with Crippen molar-refractivity contribution in [3.8, 4) is 5.75 Å². The summed E-state index contributed by atoms with van der Waals surface area (Å²) in [6.45, 7) is 2.25. The van der Waals surface area contributed by atoms with Gasteiger partial charge in [0.2, 0.25) is 0 Å². The highest BCUT2D eigenvalue weighted by Crippen LogP contribution is 2.26. The Labute approximate surface area is 143 Å². The molecule has 0 radical (unpaired) electrons. The van der Waals surface area contributed by atoms with E-state index in [1.54, 1.807) is 0 Å². The summed E-state index contributed by atoms with van der Waals surface area (Å²) in [4.78, 5) is 0. The van der Waals surface area contributed by atoms with E-state index in [1.807, 2.05) is 55.5 Å². The Hall–Kier alpha value is -1.98. The van der Waals surface area contributed by atoms with Crippen molar-refractivity contribution in [2.75, 3.05) is 0 Å². The summed E-state index contributed by atoms with van der Waals surface area (Å²) in [5.41, 5.74) is 2.11. The highest BCUT2D eigenvalue weighted by molar-refractivity contribution is 7.98. The van der Waals surface area contributed by atoms with Crippen LogP contribution in [0.4, 0.5) is 0 Å². The topological polar surface area (TPSA) is 48.2 Å². The summed E-state index contributed by atoms with van der Waals surface area (Å²) < 4.78 is 11.3. The third kappa shape index (κ3) is 4.27. The number of aryl methyl sites for hydroxylation is 1. The first-order chi connectivity index (χ1) is 11.2. The van der Waals surface area contributed by atoms with E-state index in [9.17, 15) is 0 Å². The predicted octanol–water partition coefficient (Wildman–Crippen LogP) is 4.90. The van der Waals surface area contributed by atoms with Crippen molar-refractivity contribution in [1.82, 2.24) is 10.2 Å². The highest BCUT2D eigenvalue weighted by atomic mass is 35.5. The molecule has 118 valence electrons. The highest BCUT2D eigenvalue weighted by Gasteiger charge is 2.09. The van der Waals surface area contributed by atoms with Gasteiger partial charge in [-0.2, -0.15) is 0 Å². The number of rotatable bonds is 6. The maximum Gasteiger partial charge on any atom is 0.277 e. The van der Waals surface area contributed by atoms with Gasteiger partial charge in [0.1, 0.15) is 5.75 Å². The fourth-order valence-electron chi connectivity index (χ4n) is 1.97. The third-order valence-electron chi connectivity index (χ3n) is 3.20. The molecular weight excluding hydrogens is 332 g/mol. The predicted molar refractivity (Wildman–Crippen MR) is 90.8 cm³/mol. The third-order valence-corrected chi connectivity index (χ3v) is 4.44. The number of halogens is 1. The maximum atomic E-state index is 6.13. The molecule has 0 aliphatic rings. The van der Waals surface area contributed by atoms with Crippen LogP contribution in [0.3, 0.4) is 0 Å². The van der Waals surface area contributed by atoms with E-state index >= 15 is 0 Å². The van der Waals surface area contributed by atoms with Crippen LogP contribution in [0.1, 0.15) is 17.0 Å². The lowest BCUT2D eigenvalue weighted by molar-refractivity contribution is 0.251. The largest absolute Gasteiger partial charge is 0.484 e. The standard InChI is InChI=1S/C17H15ClN2O2S/c1-12-6-2-5-9-15(12)21-10-16-19-20-17(22-16)23-11-13-7-3-4-8-14(13)18/h2-9H,10-11H2,1H3. The van der Waals surface area contributed by atoms with Gasteiger partial charge in [-0.25, -0.2) is 0 Å². The molecule has 6 heteroatoms. The van der Waals surface area contributed by atoms with Crippen molar-refractivity contribution < 1.29 is 9.15 Å². The number of hydrogen-bond acceptors (Lipinski definition) is 5. The summed E-state index contributed by atoms with van der Waals surface area (Å²) in [5, 5.41) is 9.27. The first-order valence-electron chi connectivity index (χ1n) is 7.09. The van der Waals surface area contributed by atoms with Gasteiger partial charge in [0.15, 0.2) is 6.61 Å². The molecule has 3 aromatic rings. The summed E-state index contributed by atoms with van der Waals surface area (Å²) in [6.07, 6.45) is 0. The van der Waals surface area contributed by atoms with Gasteiger partial charge in [-0.1, -0.05) is 59.8 Å². The quantitative estimate of drug-likeness (QED) is 0.594. The molecule has 0 saturated carbocycles. The zero-order valence-corrected chi connectivity index (χ0v) is 14.1. The average molecular weight is 347 g/mol. The second kappa shape index (κ2) is 7.53. The molecule has 4 nitrogen and oxygen atoms in total.